The first-order valence-electron chi connectivity index (χ1n) is 5.63. The van der Waals surface area contributed by atoms with Crippen molar-refractivity contribution in [3.05, 3.63) is 30.3 Å². The van der Waals surface area contributed by atoms with Crippen molar-refractivity contribution in [2.45, 2.75) is 15.9 Å². The van der Waals surface area contributed by atoms with Crippen LogP contribution in [-0.4, -0.2) is 25.3 Å². The minimum Gasteiger partial charge on any atom is -0.258 e. The molecule has 1 heterocycles. The van der Waals surface area contributed by atoms with Crippen molar-refractivity contribution in [3.63, 3.8) is 0 Å². The van der Waals surface area contributed by atoms with Crippen molar-refractivity contribution in [2.24, 2.45) is 5.92 Å². The Morgan fingerprint density at radius 3 is 2.72 bits per heavy atom. The molecule has 1 aliphatic carbocycles. The van der Waals surface area contributed by atoms with Gasteiger partial charge < -0.3 is 0 Å². The monoisotopic (exact) mass is 299 g/mol. The van der Waals surface area contributed by atoms with Crippen molar-refractivity contribution in [1.29, 1.82) is 0 Å². The molecule has 1 aromatic heterocycles. The average Bonchev–Trinajstić information content (AvgIpc) is 2.79. The summed E-state index contributed by atoms with van der Waals surface area (Å²) in [5.74, 6) is 2.00. The lowest BCUT2D eigenvalue weighted by Gasteiger charge is -1.96. The number of alkyl halides is 2. The molecule has 0 bridgehead atoms. The zero-order valence-corrected chi connectivity index (χ0v) is 11.8. The van der Waals surface area contributed by atoms with E-state index in [1.165, 1.54) is 0 Å². The Hall–Kier alpha value is -0.710. The molecule has 1 aromatic carbocycles. The topological polar surface area (TPSA) is 41.6 Å². The summed E-state index contributed by atoms with van der Waals surface area (Å²) in [6, 6.07) is 9.92. The minimum atomic E-state index is -0.522. The highest BCUT2D eigenvalue weighted by atomic mass is 35.5. The van der Waals surface area contributed by atoms with E-state index in [1.54, 1.807) is 11.8 Å². The van der Waals surface area contributed by atoms with Crippen LogP contribution in [0.3, 0.4) is 0 Å². The normalized spacial score (nSPS) is 20.9. The maximum absolute atomic E-state index is 5.98. The van der Waals surface area contributed by atoms with E-state index in [-0.39, 0.29) is 0 Å². The summed E-state index contributed by atoms with van der Waals surface area (Å²) in [6.45, 7) is 0. The number of thioether (sulfide) groups is 1. The molecule has 0 aliphatic heterocycles. The van der Waals surface area contributed by atoms with Crippen molar-refractivity contribution in [2.75, 3.05) is 5.75 Å². The predicted molar refractivity (Wildman–Crippen MR) is 75.1 cm³/mol. The lowest BCUT2D eigenvalue weighted by molar-refractivity contribution is 0.945. The Kier molecular flexibility index (Phi) is 3.26. The van der Waals surface area contributed by atoms with Crippen LogP contribution in [0.25, 0.3) is 11.4 Å². The predicted octanol–water partition coefficient (Wildman–Crippen LogP) is 3.76. The first-order chi connectivity index (χ1) is 8.65. The smallest absolute Gasteiger partial charge is 0.208 e. The van der Waals surface area contributed by atoms with Gasteiger partial charge in [-0.05, 0) is 6.42 Å². The van der Waals surface area contributed by atoms with Crippen LogP contribution in [0.15, 0.2) is 35.5 Å². The van der Waals surface area contributed by atoms with Crippen molar-refractivity contribution in [3.8, 4) is 11.4 Å². The van der Waals surface area contributed by atoms with Gasteiger partial charge in [0.1, 0.15) is 4.33 Å². The Labute approximate surface area is 119 Å². The molecule has 3 nitrogen and oxygen atoms in total. The number of nitrogens with zero attached hydrogens (tertiary/aromatic N) is 2. The Morgan fingerprint density at radius 1 is 1.33 bits per heavy atom. The summed E-state index contributed by atoms with van der Waals surface area (Å²) in [6.07, 6.45) is 0.860. The van der Waals surface area contributed by atoms with E-state index in [1.807, 2.05) is 30.3 Å². The Balaban J connectivity index is 1.64. The third-order valence-corrected chi connectivity index (χ3v) is 4.82. The Bertz CT molecular complexity index is 541. The van der Waals surface area contributed by atoms with E-state index in [9.17, 15) is 0 Å². The molecular weight excluding hydrogens is 289 g/mol. The molecule has 1 aliphatic rings. The summed E-state index contributed by atoms with van der Waals surface area (Å²) >= 11 is 13.5. The summed E-state index contributed by atoms with van der Waals surface area (Å²) in [5.41, 5.74) is 1.03. The molecule has 94 valence electrons. The number of rotatable bonds is 4. The van der Waals surface area contributed by atoms with Crippen LogP contribution >= 0.6 is 35.0 Å². The van der Waals surface area contributed by atoms with E-state index >= 15 is 0 Å². The SMILES string of the molecule is ClC1(Cl)CC1CSc1n[nH]c(-c2ccccc2)n1. The number of hydrogen-bond acceptors (Lipinski definition) is 3. The van der Waals surface area contributed by atoms with Crippen LogP contribution in [-0.2, 0) is 0 Å². The summed E-state index contributed by atoms with van der Waals surface area (Å²) in [7, 11) is 0. The van der Waals surface area contributed by atoms with Gasteiger partial charge in [-0.15, -0.1) is 28.3 Å². The fourth-order valence-corrected chi connectivity index (χ4v) is 3.39. The first-order valence-corrected chi connectivity index (χ1v) is 7.38. The molecule has 1 unspecified atom stereocenters. The van der Waals surface area contributed by atoms with Gasteiger partial charge in [0, 0.05) is 17.2 Å². The molecule has 18 heavy (non-hydrogen) atoms. The number of hydrogen-bond donors (Lipinski definition) is 1. The maximum atomic E-state index is 5.98. The van der Waals surface area contributed by atoms with Crippen LogP contribution in [0.1, 0.15) is 6.42 Å². The van der Waals surface area contributed by atoms with Crippen LogP contribution < -0.4 is 0 Å². The number of halogens is 2. The van der Waals surface area contributed by atoms with Gasteiger partial charge >= 0.3 is 0 Å². The molecule has 1 atom stereocenters. The third kappa shape index (κ3) is 2.66. The second-order valence-electron chi connectivity index (χ2n) is 4.31. The number of benzene rings is 1. The number of nitrogens with one attached hydrogen (secondary N) is 1. The van der Waals surface area contributed by atoms with Crippen LogP contribution in [0.2, 0.25) is 0 Å². The highest BCUT2D eigenvalue weighted by molar-refractivity contribution is 7.99. The molecule has 0 spiro atoms. The molecule has 0 saturated heterocycles. The molecule has 1 saturated carbocycles. The van der Waals surface area contributed by atoms with Crippen LogP contribution in [0.4, 0.5) is 0 Å². The van der Waals surface area contributed by atoms with Crippen molar-refractivity contribution < 1.29 is 0 Å². The van der Waals surface area contributed by atoms with E-state index in [2.05, 4.69) is 15.2 Å². The van der Waals surface area contributed by atoms with E-state index in [0.717, 1.165) is 28.7 Å². The quantitative estimate of drug-likeness (QED) is 0.690. The lowest BCUT2D eigenvalue weighted by atomic mass is 10.2. The van der Waals surface area contributed by atoms with Gasteiger partial charge in [-0.2, -0.15) is 0 Å². The van der Waals surface area contributed by atoms with Gasteiger partial charge in [-0.25, -0.2) is 4.98 Å². The average molecular weight is 300 g/mol. The highest BCUT2D eigenvalue weighted by Crippen LogP contribution is 2.54. The van der Waals surface area contributed by atoms with Gasteiger partial charge in [0.2, 0.25) is 5.16 Å². The third-order valence-electron chi connectivity index (χ3n) is 2.88. The largest absolute Gasteiger partial charge is 0.258 e. The van der Waals surface area contributed by atoms with Gasteiger partial charge in [0.05, 0.1) is 0 Å². The van der Waals surface area contributed by atoms with E-state index in [4.69, 9.17) is 23.2 Å². The summed E-state index contributed by atoms with van der Waals surface area (Å²) in [5, 5.41) is 7.86. The number of aromatic nitrogens is 3. The zero-order valence-electron chi connectivity index (χ0n) is 9.44. The fraction of sp³-hybridized carbons (Fsp3) is 0.333. The van der Waals surface area contributed by atoms with E-state index < -0.39 is 4.33 Å². The van der Waals surface area contributed by atoms with Gasteiger partial charge in [-0.1, -0.05) is 42.1 Å². The van der Waals surface area contributed by atoms with E-state index in [0.29, 0.717) is 5.92 Å². The van der Waals surface area contributed by atoms with Gasteiger partial charge in [0.25, 0.3) is 0 Å². The summed E-state index contributed by atoms with van der Waals surface area (Å²) in [4.78, 5) is 4.44. The highest BCUT2D eigenvalue weighted by Gasteiger charge is 2.51. The van der Waals surface area contributed by atoms with Crippen molar-refractivity contribution in [1.82, 2.24) is 15.2 Å². The second-order valence-corrected chi connectivity index (χ2v) is 6.84. The molecule has 6 heteroatoms. The molecule has 0 amide bonds. The van der Waals surface area contributed by atoms with Crippen molar-refractivity contribution >= 4 is 35.0 Å². The second kappa shape index (κ2) is 4.76. The van der Waals surface area contributed by atoms with Gasteiger partial charge in [0.15, 0.2) is 5.82 Å². The fourth-order valence-electron chi connectivity index (χ4n) is 1.66. The molecule has 1 fully saturated rings. The Morgan fingerprint density at radius 2 is 2.06 bits per heavy atom. The number of H-pyrrole nitrogens is 1. The molecule has 3 rings (SSSR count). The maximum Gasteiger partial charge on any atom is 0.208 e. The van der Waals surface area contributed by atoms with Gasteiger partial charge in [-0.3, -0.25) is 5.10 Å². The summed E-state index contributed by atoms with van der Waals surface area (Å²) < 4.78 is -0.522. The zero-order chi connectivity index (χ0) is 12.6. The first kappa shape index (κ1) is 12.3. The molecule has 1 N–H and O–H groups in total. The molecule has 0 radical (unpaired) electrons. The standard InChI is InChI=1S/C12H11Cl2N3S/c13-12(14)6-9(12)7-18-11-15-10(16-17-11)8-4-2-1-3-5-8/h1-5,9H,6-7H2,(H,15,16,17). The molecule has 2 aromatic rings. The number of aromatic amines is 1. The molecular formula is C12H11Cl2N3S. The van der Waals surface area contributed by atoms with Crippen LogP contribution in [0, 0.1) is 5.92 Å². The minimum absolute atomic E-state index is 0.351. The van der Waals surface area contributed by atoms with Crippen LogP contribution in [0.5, 0.6) is 0 Å². The lowest BCUT2D eigenvalue weighted by Crippen LogP contribution is -1.93.